The van der Waals surface area contributed by atoms with E-state index in [-0.39, 0.29) is 0 Å². The minimum atomic E-state index is 0.580. The first kappa shape index (κ1) is 15.9. The van der Waals surface area contributed by atoms with Crippen LogP contribution in [0.3, 0.4) is 0 Å². The van der Waals surface area contributed by atoms with E-state index in [1.165, 1.54) is 0 Å². The molecular weight excluding hydrogens is 240 g/mol. The van der Waals surface area contributed by atoms with Gasteiger partial charge >= 0.3 is 0 Å². The number of rotatable bonds is 9. The van der Waals surface area contributed by atoms with Crippen molar-refractivity contribution in [2.45, 2.75) is 27.3 Å². The fraction of sp³-hybridized carbons (Fsp3) is 0.714. The molecule has 1 aromatic heterocycles. The standard InChI is InChI=1S/C14H26N4O/c1-5-15-8-13-9-16-10-14(17-13)18(6-7-19-4)11-12(2)3/h9-10,12,15H,5-8,11H2,1-4H3. The third kappa shape index (κ3) is 5.98. The molecule has 0 unspecified atom stereocenters. The highest BCUT2D eigenvalue weighted by Gasteiger charge is 2.10. The van der Waals surface area contributed by atoms with Crippen LogP contribution in [0.15, 0.2) is 12.4 Å². The molecule has 1 N–H and O–H groups in total. The Morgan fingerprint density at radius 3 is 2.79 bits per heavy atom. The number of hydrogen-bond donors (Lipinski definition) is 1. The van der Waals surface area contributed by atoms with Crippen molar-refractivity contribution in [3.63, 3.8) is 0 Å². The molecule has 0 radical (unpaired) electrons. The van der Waals surface area contributed by atoms with Gasteiger partial charge in [-0.1, -0.05) is 20.8 Å². The third-order valence-electron chi connectivity index (χ3n) is 2.70. The molecule has 1 rings (SSSR count). The van der Waals surface area contributed by atoms with Gasteiger partial charge in [0.25, 0.3) is 0 Å². The van der Waals surface area contributed by atoms with E-state index in [1.54, 1.807) is 7.11 Å². The largest absolute Gasteiger partial charge is 0.383 e. The van der Waals surface area contributed by atoms with Gasteiger partial charge in [0.1, 0.15) is 5.82 Å². The predicted octanol–water partition coefficient (Wildman–Crippen LogP) is 1.69. The van der Waals surface area contributed by atoms with Crippen molar-refractivity contribution in [3.8, 4) is 0 Å². The summed E-state index contributed by atoms with van der Waals surface area (Å²) in [7, 11) is 1.72. The van der Waals surface area contributed by atoms with Gasteiger partial charge < -0.3 is 15.0 Å². The monoisotopic (exact) mass is 266 g/mol. The van der Waals surface area contributed by atoms with Crippen LogP contribution in [0.2, 0.25) is 0 Å². The molecule has 0 spiro atoms. The summed E-state index contributed by atoms with van der Waals surface area (Å²) in [6.07, 6.45) is 3.64. The van der Waals surface area contributed by atoms with Crippen molar-refractivity contribution in [3.05, 3.63) is 18.1 Å². The molecule has 0 aromatic carbocycles. The number of hydrogen-bond acceptors (Lipinski definition) is 5. The molecule has 108 valence electrons. The lowest BCUT2D eigenvalue weighted by Gasteiger charge is -2.25. The van der Waals surface area contributed by atoms with E-state index in [0.29, 0.717) is 12.5 Å². The highest BCUT2D eigenvalue weighted by atomic mass is 16.5. The van der Waals surface area contributed by atoms with E-state index in [4.69, 9.17) is 4.74 Å². The second-order valence-corrected chi connectivity index (χ2v) is 4.98. The van der Waals surface area contributed by atoms with E-state index < -0.39 is 0 Å². The summed E-state index contributed by atoms with van der Waals surface area (Å²) in [5.41, 5.74) is 0.977. The van der Waals surface area contributed by atoms with Crippen LogP contribution in [0, 0.1) is 5.92 Å². The first-order valence-electron chi connectivity index (χ1n) is 6.92. The number of ether oxygens (including phenoxy) is 1. The Hall–Kier alpha value is -1.20. The van der Waals surface area contributed by atoms with Gasteiger partial charge in [0.2, 0.25) is 0 Å². The fourth-order valence-electron chi connectivity index (χ4n) is 1.83. The van der Waals surface area contributed by atoms with Gasteiger partial charge in [0.05, 0.1) is 18.5 Å². The van der Waals surface area contributed by atoms with Crippen LogP contribution in [0.25, 0.3) is 0 Å². The number of aromatic nitrogens is 2. The maximum atomic E-state index is 5.17. The van der Waals surface area contributed by atoms with Gasteiger partial charge in [-0.25, -0.2) is 4.98 Å². The molecule has 0 aliphatic carbocycles. The molecule has 1 aromatic rings. The lowest BCUT2D eigenvalue weighted by molar-refractivity contribution is 0.204. The first-order chi connectivity index (χ1) is 9.17. The Kier molecular flexibility index (Phi) is 7.36. The van der Waals surface area contributed by atoms with Gasteiger partial charge in [-0.2, -0.15) is 0 Å². The molecule has 0 atom stereocenters. The number of methoxy groups -OCH3 is 1. The van der Waals surface area contributed by atoms with E-state index in [2.05, 4.69) is 41.0 Å². The summed E-state index contributed by atoms with van der Waals surface area (Å²) in [5, 5.41) is 3.27. The van der Waals surface area contributed by atoms with Crippen molar-refractivity contribution in [2.24, 2.45) is 5.92 Å². The first-order valence-corrected chi connectivity index (χ1v) is 6.92. The Bertz CT molecular complexity index is 357. The summed E-state index contributed by atoms with van der Waals surface area (Å²) in [6, 6.07) is 0. The van der Waals surface area contributed by atoms with Crippen LogP contribution >= 0.6 is 0 Å². The maximum absolute atomic E-state index is 5.17. The second-order valence-electron chi connectivity index (χ2n) is 4.98. The Morgan fingerprint density at radius 2 is 2.16 bits per heavy atom. The Labute approximate surface area is 116 Å². The topological polar surface area (TPSA) is 50.3 Å². The summed E-state index contributed by atoms with van der Waals surface area (Å²) < 4.78 is 5.17. The van der Waals surface area contributed by atoms with Crippen LogP contribution in [-0.2, 0) is 11.3 Å². The highest BCUT2D eigenvalue weighted by Crippen LogP contribution is 2.12. The summed E-state index contributed by atoms with van der Waals surface area (Å²) in [6.45, 7) is 10.7. The second kappa shape index (κ2) is 8.82. The minimum absolute atomic E-state index is 0.580. The average Bonchev–Trinajstić information content (AvgIpc) is 2.41. The zero-order valence-corrected chi connectivity index (χ0v) is 12.5. The van der Waals surface area contributed by atoms with Crippen molar-refractivity contribution >= 4 is 5.82 Å². The van der Waals surface area contributed by atoms with Crippen molar-refractivity contribution in [1.29, 1.82) is 0 Å². The van der Waals surface area contributed by atoms with E-state index in [9.17, 15) is 0 Å². The van der Waals surface area contributed by atoms with Crippen LogP contribution < -0.4 is 10.2 Å². The van der Waals surface area contributed by atoms with Crippen LogP contribution in [0.5, 0.6) is 0 Å². The molecule has 0 bridgehead atoms. The van der Waals surface area contributed by atoms with Gasteiger partial charge in [-0.05, 0) is 12.5 Å². The van der Waals surface area contributed by atoms with Crippen molar-refractivity contribution in [1.82, 2.24) is 15.3 Å². The molecule has 5 heteroatoms. The molecule has 0 saturated heterocycles. The van der Waals surface area contributed by atoms with Gasteiger partial charge in [-0.15, -0.1) is 0 Å². The zero-order chi connectivity index (χ0) is 14.1. The van der Waals surface area contributed by atoms with Crippen molar-refractivity contribution < 1.29 is 4.74 Å². The normalized spacial score (nSPS) is 11.0. The van der Waals surface area contributed by atoms with Crippen LogP contribution in [0.4, 0.5) is 5.82 Å². The number of nitrogens with zero attached hydrogens (tertiary/aromatic N) is 3. The highest BCUT2D eigenvalue weighted by molar-refractivity contribution is 5.36. The summed E-state index contributed by atoms with van der Waals surface area (Å²) in [4.78, 5) is 11.2. The van der Waals surface area contributed by atoms with E-state index in [0.717, 1.165) is 37.7 Å². The SMILES string of the molecule is CCNCc1cncc(N(CCOC)CC(C)C)n1. The Morgan fingerprint density at radius 1 is 1.37 bits per heavy atom. The van der Waals surface area contributed by atoms with Gasteiger partial charge in [0.15, 0.2) is 0 Å². The lowest BCUT2D eigenvalue weighted by Crippen LogP contribution is -2.32. The summed E-state index contributed by atoms with van der Waals surface area (Å²) >= 11 is 0. The predicted molar refractivity (Wildman–Crippen MR) is 78.3 cm³/mol. The maximum Gasteiger partial charge on any atom is 0.147 e. The van der Waals surface area contributed by atoms with Crippen LogP contribution in [-0.4, -0.2) is 43.3 Å². The van der Waals surface area contributed by atoms with E-state index in [1.807, 2.05) is 12.4 Å². The minimum Gasteiger partial charge on any atom is -0.383 e. The molecule has 0 aliphatic rings. The van der Waals surface area contributed by atoms with E-state index >= 15 is 0 Å². The smallest absolute Gasteiger partial charge is 0.147 e. The number of nitrogens with one attached hydrogen (secondary N) is 1. The molecule has 0 amide bonds. The fourth-order valence-corrected chi connectivity index (χ4v) is 1.83. The summed E-state index contributed by atoms with van der Waals surface area (Å²) in [5.74, 6) is 1.51. The lowest BCUT2D eigenvalue weighted by atomic mass is 10.2. The van der Waals surface area contributed by atoms with Gasteiger partial charge in [-0.3, -0.25) is 4.98 Å². The average molecular weight is 266 g/mol. The molecule has 19 heavy (non-hydrogen) atoms. The molecule has 0 aliphatic heterocycles. The third-order valence-corrected chi connectivity index (χ3v) is 2.70. The van der Waals surface area contributed by atoms with Gasteiger partial charge in [0, 0.05) is 32.9 Å². The molecule has 0 saturated carbocycles. The molecule has 1 heterocycles. The van der Waals surface area contributed by atoms with Crippen molar-refractivity contribution in [2.75, 3.05) is 38.3 Å². The zero-order valence-electron chi connectivity index (χ0n) is 12.5. The Balaban J connectivity index is 2.75. The molecule has 0 fully saturated rings. The number of anilines is 1. The molecular formula is C14H26N4O. The molecule has 5 nitrogen and oxygen atoms in total. The van der Waals surface area contributed by atoms with Crippen LogP contribution in [0.1, 0.15) is 26.5 Å². The quantitative estimate of drug-likeness (QED) is 0.737.